The van der Waals surface area contributed by atoms with E-state index < -0.39 is 4.92 Å². The third kappa shape index (κ3) is 3.15. The van der Waals surface area contributed by atoms with E-state index in [4.69, 9.17) is 0 Å². The molecule has 1 aromatic carbocycles. The molecule has 0 saturated carbocycles. The summed E-state index contributed by atoms with van der Waals surface area (Å²) in [5.41, 5.74) is 2.50. The first-order valence-corrected chi connectivity index (χ1v) is 8.23. The van der Waals surface area contributed by atoms with Crippen molar-refractivity contribution in [1.29, 1.82) is 5.26 Å². The van der Waals surface area contributed by atoms with Crippen molar-refractivity contribution in [1.82, 2.24) is 0 Å². The van der Waals surface area contributed by atoms with Crippen molar-refractivity contribution in [2.45, 2.75) is 26.2 Å². The van der Waals surface area contributed by atoms with Gasteiger partial charge in [0.2, 0.25) is 0 Å². The molecule has 1 heterocycles. The van der Waals surface area contributed by atoms with E-state index in [1.165, 1.54) is 17.0 Å². The summed E-state index contributed by atoms with van der Waals surface area (Å²) in [4.78, 5) is 16.1. The molecule has 5 nitrogen and oxygen atoms in total. The first-order chi connectivity index (χ1) is 11.1. The van der Waals surface area contributed by atoms with Crippen LogP contribution in [0, 0.1) is 27.4 Å². The van der Waals surface area contributed by atoms with Crippen LogP contribution in [0.1, 0.15) is 34.9 Å². The molecule has 0 bridgehead atoms. The molecule has 1 aliphatic carbocycles. The van der Waals surface area contributed by atoms with Gasteiger partial charge >= 0.3 is 0 Å². The highest BCUT2D eigenvalue weighted by Gasteiger charge is 2.23. The van der Waals surface area contributed by atoms with Gasteiger partial charge in [0.1, 0.15) is 11.1 Å². The predicted octanol–water partition coefficient (Wildman–Crippen LogP) is 4.40. The second kappa shape index (κ2) is 6.31. The van der Waals surface area contributed by atoms with Gasteiger partial charge in [0.25, 0.3) is 5.69 Å². The van der Waals surface area contributed by atoms with Gasteiger partial charge in [-0.1, -0.05) is 19.1 Å². The summed E-state index contributed by atoms with van der Waals surface area (Å²) >= 11 is 1.57. The van der Waals surface area contributed by atoms with Crippen LogP contribution in [0.3, 0.4) is 0 Å². The van der Waals surface area contributed by atoms with Gasteiger partial charge in [-0.05, 0) is 36.3 Å². The first-order valence-electron chi connectivity index (χ1n) is 7.41. The minimum Gasteiger partial charge on any atom is -0.258 e. The number of hydrogen-bond donors (Lipinski definition) is 0. The van der Waals surface area contributed by atoms with Gasteiger partial charge in [-0.25, -0.2) is 4.99 Å². The Morgan fingerprint density at radius 2 is 2.35 bits per heavy atom. The minimum absolute atomic E-state index is 0.0359. The van der Waals surface area contributed by atoms with Crippen LogP contribution in [0.4, 0.5) is 10.7 Å². The highest BCUT2D eigenvalue weighted by molar-refractivity contribution is 7.16. The number of non-ortho nitro benzene ring substituents is 1. The van der Waals surface area contributed by atoms with Crippen molar-refractivity contribution in [2.24, 2.45) is 10.9 Å². The second-order valence-electron chi connectivity index (χ2n) is 5.75. The lowest BCUT2D eigenvalue weighted by atomic mass is 9.89. The second-order valence-corrected chi connectivity index (χ2v) is 6.84. The Hall–Kier alpha value is -2.52. The van der Waals surface area contributed by atoms with Crippen molar-refractivity contribution in [2.75, 3.05) is 0 Å². The largest absolute Gasteiger partial charge is 0.270 e. The highest BCUT2D eigenvalue weighted by atomic mass is 32.1. The number of hydrogen-bond acceptors (Lipinski definition) is 5. The Bertz CT molecular complexity index is 833. The van der Waals surface area contributed by atoms with Crippen molar-refractivity contribution in [3.05, 3.63) is 55.9 Å². The number of thiophene rings is 1. The fraction of sp³-hybridized carbons (Fsp3) is 0.294. The van der Waals surface area contributed by atoms with Crippen LogP contribution in [0.5, 0.6) is 0 Å². The average molecular weight is 325 g/mol. The van der Waals surface area contributed by atoms with Crippen molar-refractivity contribution in [3.63, 3.8) is 0 Å². The quantitative estimate of drug-likeness (QED) is 0.476. The van der Waals surface area contributed by atoms with Gasteiger partial charge in [0.15, 0.2) is 0 Å². The van der Waals surface area contributed by atoms with Gasteiger partial charge in [0, 0.05) is 23.2 Å². The van der Waals surface area contributed by atoms with E-state index in [9.17, 15) is 15.4 Å². The standard InChI is InChI=1S/C17H15N3O2S/c1-11-5-6-14-15(9-18)17(23-16(14)7-11)19-10-12-3-2-4-13(8-12)20(21)22/h2-4,8,10-11H,5-7H2,1H3/t11-/m1/s1. The van der Waals surface area contributed by atoms with Crippen molar-refractivity contribution >= 4 is 28.2 Å². The van der Waals surface area contributed by atoms with Crippen molar-refractivity contribution < 1.29 is 4.92 Å². The zero-order chi connectivity index (χ0) is 16.4. The van der Waals surface area contributed by atoms with E-state index in [0.717, 1.165) is 24.8 Å². The lowest BCUT2D eigenvalue weighted by Crippen LogP contribution is -2.09. The molecule has 3 rings (SSSR count). The maximum atomic E-state index is 10.8. The van der Waals surface area contributed by atoms with Crippen LogP contribution in [0.2, 0.25) is 0 Å². The van der Waals surface area contributed by atoms with E-state index in [2.05, 4.69) is 18.0 Å². The molecule has 1 atom stereocenters. The number of rotatable bonds is 3. The Kier molecular flexibility index (Phi) is 4.22. The molecule has 116 valence electrons. The summed E-state index contributed by atoms with van der Waals surface area (Å²) < 4.78 is 0. The summed E-state index contributed by atoms with van der Waals surface area (Å²) in [6.07, 6.45) is 4.63. The molecule has 2 aromatic rings. The summed E-state index contributed by atoms with van der Waals surface area (Å²) in [5, 5.41) is 21.0. The van der Waals surface area contributed by atoms with E-state index in [1.54, 1.807) is 29.7 Å². The van der Waals surface area contributed by atoms with Crippen LogP contribution in [-0.2, 0) is 12.8 Å². The number of fused-ring (bicyclic) bond motifs is 1. The molecule has 1 aliphatic rings. The van der Waals surface area contributed by atoms with Crippen LogP contribution in [0.15, 0.2) is 29.3 Å². The molecule has 0 radical (unpaired) electrons. The molecule has 0 amide bonds. The average Bonchev–Trinajstić information content (AvgIpc) is 2.89. The van der Waals surface area contributed by atoms with Crippen LogP contribution < -0.4 is 0 Å². The summed E-state index contributed by atoms with van der Waals surface area (Å²) in [6, 6.07) is 8.59. The van der Waals surface area contributed by atoms with E-state index in [0.29, 0.717) is 22.0 Å². The van der Waals surface area contributed by atoms with Crippen LogP contribution in [0.25, 0.3) is 0 Å². The van der Waals surface area contributed by atoms with Gasteiger partial charge in [0.05, 0.1) is 10.5 Å². The summed E-state index contributed by atoms with van der Waals surface area (Å²) in [6.45, 7) is 2.22. The van der Waals surface area contributed by atoms with Crippen LogP contribution >= 0.6 is 11.3 Å². The van der Waals surface area contributed by atoms with E-state index in [1.807, 2.05) is 0 Å². The summed E-state index contributed by atoms with van der Waals surface area (Å²) in [7, 11) is 0. The molecule has 0 spiro atoms. The van der Waals surface area contributed by atoms with Gasteiger partial charge in [-0.15, -0.1) is 11.3 Å². The minimum atomic E-state index is -0.427. The number of nitriles is 1. The Labute approximate surface area is 138 Å². The van der Waals surface area contributed by atoms with Gasteiger partial charge < -0.3 is 0 Å². The SMILES string of the molecule is C[C@@H]1CCc2c(sc(N=Cc3cccc([N+](=O)[O-])c3)c2C#N)C1. The Morgan fingerprint density at radius 3 is 3.09 bits per heavy atom. The number of nitrogens with zero attached hydrogens (tertiary/aromatic N) is 3. The zero-order valence-electron chi connectivity index (χ0n) is 12.7. The number of nitro groups is 1. The lowest BCUT2D eigenvalue weighted by molar-refractivity contribution is -0.384. The molecule has 0 N–H and O–H groups in total. The maximum Gasteiger partial charge on any atom is 0.270 e. The van der Waals surface area contributed by atoms with Crippen molar-refractivity contribution in [3.8, 4) is 6.07 Å². The molecule has 0 saturated heterocycles. The maximum absolute atomic E-state index is 10.8. The number of aliphatic imine (C=N–C) groups is 1. The fourth-order valence-electron chi connectivity index (χ4n) is 2.79. The Morgan fingerprint density at radius 1 is 1.52 bits per heavy atom. The predicted molar refractivity (Wildman–Crippen MR) is 90.6 cm³/mol. The van der Waals surface area contributed by atoms with Gasteiger partial charge in [-0.3, -0.25) is 10.1 Å². The molecule has 23 heavy (non-hydrogen) atoms. The highest BCUT2D eigenvalue weighted by Crippen LogP contribution is 2.40. The Balaban J connectivity index is 1.93. The molecular weight excluding hydrogens is 310 g/mol. The molecule has 0 fully saturated rings. The summed E-state index contributed by atoms with van der Waals surface area (Å²) in [5.74, 6) is 0.640. The monoisotopic (exact) mass is 325 g/mol. The molecule has 6 heteroatoms. The molecule has 1 aromatic heterocycles. The molecular formula is C17H15N3O2S. The smallest absolute Gasteiger partial charge is 0.258 e. The topological polar surface area (TPSA) is 79.3 Å². The first kappa shape index (κ1) is 15.4. The zero-order valence-corrected chi connectivity index (χ0v) is 13.5. The van der Waals surface area contributed by atoms with Gasteiger partial charge in [-0.2, -0.15) is 5.26 Å². The number of nitro benzene ring substituents is 1. The molecule has 0 unspecified atom stereocenters. The normalized spacial score (nSPS) is 17.0. The lowest BCUT2D eigenvalue weighted by Gasteiger charge is -2.17. The van der Waals surface area contributed by atoms with Crippen LogP contribution in [-0.4, -0.2) is 11.1 Å². The van der Waals surface area contributed by atoms with E-state index in [-0.39, 0.29) is 5.69 Å². The third-order valence-electron chi connectivity index (χ3n) is 4.02. The molecule has 0 aliphatic heterocycles. The fourth-order valence-corrected chi connectivity index (χ4v) is 4.10. The number of benzene rings is 1. The van der Waals surface area contributed by atoms with E-state index >= 15 is 0 Å². The third-order valence-corrected chi connectivity index (χ3v) is 5.18.